The smallest absolute Gasteiger partial charge is 0.245 e. The van der Waals surface area contributed by atoms with Crippen molar-refractivity contribution in [1.82, 2.24) is 10.0 Å². The highest BCUT2D eigenvalue weighted by molar-refractivity contribution is 9.10. The van der Waals surface area contributed by atoms with E-state index >= 15 is 0 Å². The van der Waals surface area contributed by atoms with Gasteiger partial charge in [0.25, 0.3) is 0 Å². The van der Waals surface area contributed by atoms with Gasteiger partial charge < -0.3 is 9.73 Å². The lowest BCUT2D eigenvalue weighted by Crippen LogP contribution is -2.23. The molecule has 2 rings (SSSR count). The van der Waals surface area contributed by atoms with Crippen LogP contribution in [0.1, 0.15) is 16.2 Å². The summed E-state index contributed by atoms with van der Waals surface area (Å²) in [6.45, 7) is 2.71. The van der Waals surface area contributed by atoms with E-state index in [9.17, 15) is 8.42 Å². The van der Waals surface area contributed by atoms with Crippen molar-refractivity contribution in [2.24, 2.45) is 0 Å². The summed E-state index contributed by atoms with van der Waals surface area (Å²) in [7, 11) is -1.83. The number of furan rings is 1. The lowest BCUT2D eigenvalue weighted by molar-refractivity contribution is 0.470. The molecule has 0 atom stereocenters. The quantitative estimate of drug-likeness (QED) is 0.810. The maximum atomic E-state index is 12.3. The van der Waals surface area contributed by atoms with E-state index in [-0.39, 0.29) is 16.1 Å². The first-order valence-electron chi connectivity index (χ1n) is 5.89. The molecule has 0 aliphatic rings. The van der Waals surface area contributed by atoms with Gasteiger partial charge in [-0.15, -0.1) is 11.3 Å². The van der Waals surface area contributed by atoms with E-state index < -0.39 is 10.0 Å². The molecular formula is C12H15BrN2O3S2. The van der Waals surface area contributed by atoms with Crippen molar-refractivity contribution in [3.05, 3.63) is 38.4 Å². The predicted molar refractivity (Wildman–Crippen MR) is 82.3 cm³/mol. The summed E-state index contributed by atoms with van der Waals surface area (Å²) in [5.41, 5.74) is 1.08. The largest absolute Gasteiger partial charge is 0.452 e. The van der Waals surface area contributed by atoms with Crippen LogP contribution in [0.3, 0.4) is 0 Å². The Bertz CT molecular complexity index is 691. The van der Waals surface area contributed by atoms with E-state index in [2.05, 4.69) is 26.0 Å². The van der Waals surface area contributed by atoms with Crippen molar-refractivity contribution in [2.75, 3.05) is 7.05 Å². The third-order valence-corrected chi connectivity index (χ3v) is 6.02. The third-order valence-electron chi connectivity index (χ3n) is 2.74. The molecule has 0 saturated heterocycles. The van der Waals surface area contributed by atoms with Crippen LogP contribution in [0.25, 0.3) is 0 Å². The van der Waals surface area contributed by atoms with Crippen LogP contribution in [-0.4, -0.2) is 15.5 Å². The molecule has 0 spiro atoms. The van der Waals surface area contributed by atoms with Gasteiger partial charge in [-0.3, -0.25) is 0 Å². The fourth-order valence-electron chi connectivity index (χ4n) is 1.67. The molecule has 0 aromatic carbocycles. The molecule has 5 nitrogen and oxygen atoms in total. The summed E-state index contributed by atoms with van der Waals surface area (Å²) in [6, 6.07) is 3.48. The fraction of sp³-hybridized carbons (Fsp3) is 0.333. The van der Waals surface area contributed by atoms with Crippen LogP contribution in [0.5, 0.6) is 0 Å². The number of hydrogen-bond acceptors (Lipinski definition) is 5. The van der Waals surface area contributed by atoms with Gasteiger partial charge >= 0.3 is 0 Å². The average Bonchev–Trinajstić information content (AvgIpc) is 2.94. The summed E-state index contributed by atoms with van der Waals surface area (Å²) >= 11 is 4.68. The van der Waals surface area contributed by atoms with Gasteiger partial charge in [0, 0.05) is 17.5 Å². The van der Waals surface area contributed by atoms with E-state index in [1.807, 2.05) is 18.4 Å². The number of nitrogens with one attached hydrogen (secondary N) is 2. The van der Waals surface area contributed by atoms with Gasteiger partial charge in [0.15, 0.2) is 4.67 Å². The first-order chi connectivity index (χ1) is 9.44. The zero-order valence-electron chi connectivity index (χ0n) is 11.1. The lowest BCUT2D eigenvalue weighted by atomic mass is 10.3. The maximum absolute atomic E-state index is 12.3. The second-order valence-electron chi connectivity index (χ2n) is 4.23. The molecular weight excluding hydrogens is 364 g/mol. The minimum atomic E-state index is -3.59. The van der Waals surface area contributed by atoms with E-state index in [0.29, 0.717) is 12.3 Å². The minimum absolute atomic E-state index is 0.122. The highest BCUT2D eigenvalue weighted by Crippen LogP contribution is 2.26. The van der Waals surface area contributed by atoms with E-state index in [4.69, 9.17) is 4.42 Å². The van der Waals surface area contributed by atoms with Crippen LogP contribution in [-0.2, 0) is 23.1 Å². The minimum Gasteiger partial charge on any atom is -0.452 e. The third kappa shape index (κ3) is 3.50. The van der Waals surface area contributed by atoms with Crippen LogP contribution in [0.4, 0.5) is 0 Å². The fourth-order valence-corrected chi connectivity index (χ4v) is 4.59. The average molecular weight is 379 g/mol. The van der Waals surface area contributed by atoms with Crippen LogP contribution < -0.4 is 10.0 Å². The normalized spacial score (nSPS) is 11.9. The number of sulfonamides is 1. The Morgan fingerprint density at radius 1 is 1.40 bits per heavy atom. The van der Waals surface area contributed by atoms with Gasteiger partial charge in [0.2, 0.25) is 10.0 Å². The Kier molecular flexibility index (Phi) is 5.03. The van der Waals surface area contributed by atoms with Crippen LogP contribution in [0.15, 0.2) is 31.5 Å². The predicted octanol–water partition coefficient (Wildman–Crippen LogP) is 2.61. The maximum Gasteiger partial charge on any atom is 0.245 e. The molecule has 2 heterocycles. The molecule has 20 heavy (non-hydrogen) atoms. The SMILES string of the molecule is CNCc1cc(S(=O)(=O)NCc2sccc2C)c(Br)o1. The molecule has 8 heteroatoms. The topological polar surface area (TPSA) is 71.3 Å². The van der Waals surface area contributed by atoms with Gasteiger partial charge in [0.1, 0.15) is 10.7 Å². The van der Waals surface area contributed by atoms with Gasteiger partial charge in [-0.05, 0) is 46.9 Å². The van der Waals surface area contributed by atoms with Crippen molar-refractivity contribution in [3.8, 4) is 0 Å². The van der Waals surface area contributed by atoms with Gasteiger partial charge in [-0.2, -0.15) is 0 Å². The Morgan fingerprint density at radius 2 is 2.15 bits per heavy atom. The van der Waals surface area contributed by atoms with Crippen LogP contribution >= 0.6 is 27.3 Å². The number of halogens is 1. The number of hydrogen-bond donors (Lipinski definition) is 2. The van der Waals surface area contributed by atoms with Crippen molar-refractivity contribution in [1.29, 1.82) is 0 Å². The first kappa shape index (κ1) is 15.7. The van der Waals surface area contributed by atoms with E-state index in [1.165, 1.54) is 17.4 Å². The molecule has 2 aromatic heterocycles. The van der Waals surface area contributed by atoms with Crippen LogP contribution in [0, 0.1) is 6.92 Å². The Balaban J connectivity index is 2.16. The standard InChI is InChI=1S/C12H15BrN2O3S2/c1-8-3-4-19-10(8)7-15-20(16,17)11-5-9(6-14-2)18-12(11)13/h3-5,14-15H,6-7H2,1-2H3. The highest BCUT2D eigenvalue weighted by atomic mass is 79.9. The molecule has 0 aliphatic heterocycles. The molecule has 0 radical (unpaired) electrons. The number of thiophene rings is 1. The van der Waals surface area contributed by atoms with Crippen molar-refractivity contribution < 1.29 is 12.8 Å². The van der Waals surface area contributed by atoms with Gasteiger partial charge in [-0.1, -0.05) is 0 Å². The molecule has 0 bridgehead atoms. The van der Waals surface area contributed by atoms with E-state index in [0.717, 1.165) is 10.4 Å². The Hall–Kier alpha value is -0.670. The zero-order valence-corrected chi connectivity index (χ0v) is 14.3. The summed E-state index contributed by atoms with van der Waals surface area (Å²) in [4.78, 5) is 1.13. The molecule has 110 valence electrons. The lowest BCUT2D eigenvalue weighted by Gasteiger charge is -2.04. The second-order valence-corrected chi connectivity index (χ2v) is 7.69. The summed E-state index contributed by atoms with van der Waals surface area (Å²) in [5, 5.41) is 4.85. The second kappa shape index (κ2) is 6.40. The molecule has 0 aliphatic carbocycles. The molecule has 2 N–H and O–H groups in total. The number of aryl methyl sites for hydroxylation is 1. The molecule has 2 aromatic rings. The van der Waals surface area contributed by atoms with Crippen molar-refractivity contribution >= 4 is 37.3 Å². The number of rotatable bonds is 6. The van der Waals surface area contributed by atoms with Crippen molar-refractivity contribution in [3.63, 3.8) is 0 Å². The summed E-state index contributed by atoms with van der Waals surface area (Å²) in [5.74, 6) is 0.562. The molecule has 0 saturated carbocycles. The van der Waals surface area contributed by atoms with Gasteiger partial charge in [-0.25, -0.2) is 13.1 Å². The van der Waals surface area contributed by atoms with E-state index in [1.54, 1.807) is 7.05 Å². The highest BCUT2D eigenvalue weighted by Gasteiger charge is 2.22. The van der Waals surface area contributed by atoms with Gasteiger partial charge in [0.05, 0.1) is 6.54 Å². The monoisotopic (exact) mass is 378 g/mol. The Labute approximate surface area is 130 Å². The Morgan fingerprint density at radius 3 is 2.75 bits per heavy atom. The molecule has 0 amide bonds. The van der Waals surface area contributed by atoms with Crippen molar-refractivity contribution in [2.45, 2.75) is 24.9 Å². The summed E-state index contributed by atoms with van der Waals surface area (Å²) < 4.78 is 32.7. The van der Waals surface area contributed by atoms with Crippen LogP contribution in [0.2, 0.25) is 0 Å². The molecule has 0 fully saturated rings. The molecule has 0 unspecified atom stereocenters. The summed E-state index contributed by atoms with van der Waals surface area (Å²) in [6.07, 6.45) is 0. The first-order valence-corrected chi connectivity index (χ1v) is 9.05. The zero-order chi connectivity index (χ0) is 14.8.